The van der Waals surface area contributed by atoms with Gasteiger partial charge in [0.1, 0.15) is 5.01 Å². The van der Waals surface area contributed by atoms with Crippen molar-refractivity contribution in [2.75, 3.05) is 6.54 Å². The minimum atomic E-state index is -0.0625. The molecule has 3 aromatic rings. The van der Waals surface area contributed by atoms with Crippen molar-refractivity contribution < 1.29 is 9.21 Å². The van der Waals surface area contributed by atoms with Crippen LogP contribution in [0.5, 0.6) is 0 Å². The Hall–Kier alpha value is -1.66. The summed E-state index contributed by atoms with van der Waals surface area (Å²) in [5.41, 5.74) is 1.00. The van der Waals surface area contributed by atoms with Crippen LogP contribution in [0.2, 0.25) is 0 Å². The Kier molecular flexibility index (Phi) is 3.50. The SMILES string of the molecule is O=C(c1ccc(Br)o1)N1CCC[C@H]1c1nc2ccccc2s1. The molecular formula is C16H13BrN2O2S. The van der Waals surface area contributed by atoms with Crippen LogP contribution in [0.3, 0.4) is 0 Å². The summed E-state index contributed by atoms with van der Waals surface area (Å²) in [6.45, 7) is 0.748. The zero-order chi connectivity index (χ0) is 15.1. The first-order valence-electron chi connectivity index (χ1n) is 7.14. The van der Waals surface area contributed by atoms with Crippen LogP contribution in [0.1, 0.15) is 34.4 Å². The molecule has 6 heteroatoms. The van der Waals surface area contributed by atoms with Crippen molar-refractivity contribution in [3.05, 3.63) is 51.8 Å². The molecule has 1 saturated heterocycles. The fourth-order valence-electron chi connectivity index (χ4n) is 2.87. The van der Waals surface area contributed by atoms with E-state index >= 15 is 0 Å². The van der Waals surface area contributed by atoms with Gasteiger partial charge in [-0.25, -0.2) is 4.98 Å². The van der Waals surface area contributed by atoms with Gasteiger partial charge in [0.25, 0.3) is 5.91 Å². The summed E-state index contributed by atoms with van der Waals surface area (Å²) in [5, 5.41) is 1.01. The molecule has 1 fully saturated rings. The van der Waals surface area contributed by atoms with Crippen LogP contribution >= 0.6 is 27.3 Å². The van der Waals surface area contributed by atoms with Gasteiger partial charge in [-0.05, 0) is 53.0 Å². The van der Waals surface area contributed by atoms with Crippen molar-refractivity contribution in [3.63, 3.8) is 0 Å². The van der Waals surface area contributed by atoms with Crippen molar-refractivity contribution in [1.82, 2.24) is 9.88 Å². The molecule has 4 rings (SSSR count). The molecule has 0 bridgehead atoms. The number of rotatable bonds is 2. The van der Waals surface area contributed by atoms with Gasteiger partial charge >= 0.3 is 0 Å². The van der Waals surface area contributed by atoms with Crippen LogP contribution in [0.4, 0.5) is 0 Å². The van der Waals surface area contributed by atoms with E-state index < -0.39 is 0 Å². The quantitative estimate of drug-likeness (QED) is 0.654. The Morgan fingerprint density at radius 1 is 1.32 bits per heavy atom. The van der Waals surface area contributed by atoms with Crippen LogP contribution in [-0.4, -0.2) is 22.3 Å². The van der Waals surface area contributed by atoms with E-state index in [9.17, 15) is 4.79 Å². The Morgan fingerprint density at radius 2 is 2.18 bits per heavy atom. The number of amides is 1. The van der Waals surface area contributed by atoms with Crippen LogP contribution in [0, 0.1) is 0 Å². The number of benzene rings is 1. The molecule has 2 aromatic heterocycles. The standard InChI is InChI=1S/C16H13BrN2O2S/c17-14-8-7-12(21-14)16(20)19-9-3-5-11(19)15-18-10-4-1-2-6-13(10)22-15/h1-2,4,6-8,11H,3,5,9H2/t11-/m0/s1. The number of hydrogen-bond acceptors (Lipinski definition) is 4. The number of thiazole rings is 1. The minimum absolute atomic E-state index is 0.0498. The number of aromatic nitrogens is 1. The molecular weight excluding hydrogens is 364 g/mol. The maximum Gasteiger partial charge on any atom is 0.290 e. The Morgan fingerprint density at radius 3 is 2.95 bits per heavy atom. The number of furan rings is 1. The molecule has 4 nitrogen and oxygen atoms in total. The third-order valence-corrected chi connectivity index (χ3v) is 5.46. The van der Waals surface area contributed by atoms with E-state index in [2.05, 4.69) is 22.0 Å². The topological polar surface area (TPSA) is 46.3 Å². The van der Waals surface area contributed by atoms with Gasteiger partial charge in [0, 0.05) is 6.54 Å². The predicted molar refractivity (Wildman–Crippen MR) is 89.0 cm³/mol. The zero-order valence-electron chi connectivity index (χ0n) is 11.7. The first-order valence-corrected chi connectivity index (χ1v) is 8.75. The van der Waals surface area contributed by atoms with Crippen LogP contribution in [-0.2, 0) is 0 Å². The Balaban J connectivity index is 1.67. The third-order valence-electron chi connectivity index (χ3n) is 3.89. The molecule has 0 radical (unpaired) electrons. The summed E-state index contributed by atoms with van der Waals surface area (Å²) >= 11 is 4.92. The second kappa shape index (κ2) is 5.52. The monoisotopic (exact) mass is 376 g/mol. The summed E-state index contributed by atoms with van der Waals surface area (Å²) < 4.78 is 7.15. The van der Waals surface area contributed by atoms with Crippen LogP contribution < -0.4 is 0 Å². The molecule has 3 heterocycles. The molecule has 22 heavy (non-hydrogen) atoms. The second-order valence-electron chi connectivity index (χ2n) is 5.28. The fourth-order valence-corrected chi connectivity index (χ4v) is 4.29. The zero-order valence-corrected chi connectivity index (χ0v) is 14.1. The average Bonchev–Trinajstić information content (AvgIpc) is 3.24. The lowest BCUT2D eigenvalue weighted by atomic mass is 10.2. The van der Waals surface area contributed by atoms with E-state index in [0.29, 0.717) is 10.4 Å². The highest BCUT2D eigenvalue weighted by atomic mass is 79.9. The van der Waals surface area contributed by atoms with Crippen molar-refractivity contribution in [1.29, 1.82) is 0 Å². The van der Waals surface area contributed by atoms with E-state index in [1.54, 1.807) is 23.5 Å². The number of carbonyl (C=O) groups is 1. The van der Waals surface area contributed by atoms with Gasteiger partial charge in [-0.2, -0.15) is 0 Å². The summed E-state index contributed by atoms with van der Waals surface area (Å²) in [6.07, 6.45) is 1.95. The molecule has 0 unspecified atom stereocenters. The van der Waals surface area contributed by atoms with Gasteiger partial charge < -0.3 is 9.32 Å². The summed E-state index contributed by atoms with van der Waals surface area (Å²) in [7, 11) is 0. The third kappa shape index (κ3) is 2.36. The fraction of sp³-hybridized carbons (Fsp3) is 0.250. The van der Waals surface area contributed by atoms with E-state index in [1.165, 1.54) is 0 Å². The summed E-state index contributed by atoms with van der Waals surface area (Å²) in [5.74, 6) is 0.312. The van der Waals surface area contributed by atoms with Gasteiger partial charge in [-0.15, -0.1) is 11.3 Å². The summed E-state index contributed by atoms with van der Waals surface area (Å²) in [6, 6.07) is 11.6. The molecule has 1 atom stereocenters. The number of para-hydroxylation sites is 1. The van der Waals surface area contributed by atoms with Gasteiger partial charge in [0.05, 0.1) is 16.3 Å². The van der Waals surface area contributed by atoms with Gasteiger partial charge in [-0.3, -0.25) is 4.79 Å². The van der Waals surface area contributed by atoms with E-state index in [1.807, 2.05) is 23.1 Å². The van der Waals surface area contributed by atoms with Gasteiger partial charge in [0.2, 0.25) is 0 Å². The second-order valence-corrected chi connectivity index (χ2v) is 7.12. The maximum absolute atomic E-state index is 12.6. The Bertz CT molecular complexity index is 808. The number of fused-ring (bicyclic) bond motifs is 1. The minimum Gasteiger partial charge on any atom is -0.444 e. The molecule has 1 amide bonds. The van der Waals surface area contributed by atoms with Gasteiger partial charge in [0.15, 0.2) is 10.4 Å². The molecule has 112 valence electrons. The molecule has 1 aromatic carbocycles. The van der Waals surface area contributed by atoms with Crippen LogP contribution in [0.25, 0.3) is 10.2 Å². The first kappa shape index (κ1) is 14.0. The average molecular weight is 377 g/mol. The number of nitrogens with zero attached hydrogens (tertiary/aromatic N) is 2. The van der Waals surface area contributed by atoms with E-state index in [4.69, 9.17) is 9.40 Å². The lowest BCUT2D eigenvalue weighted by Gasteiger charge is -2.21. The largest absolute Gasteiger partial charge is 0.444 e. The molecule has 0 saturated carbocycles. The highest BCUT2D eigenvalue weighted by Crippen LogP contribution is 2.37. The number of hydrogen-bond donors (Lipinski definition) is 0. The predicted octanol–water partition coefficient (Wildman–Crippen LogP) is 4.63. The molecule has 0 spiro atoms. The Labute approximate surface area is 139 Å². The lowest BCUT2D eigenvalue weighted by molar-refractivity contribution is 0.0702. The highest BCUT2D eigenvalue weighted by Gasteiger charge is 2.34. The number of halogens is 1. The van der Waals surface area contributed by atoms with E-state index in [0.717, 1.165) is 34.6 Å². The van der Waals surface area contributed by atoms with E-state index in [-0.39, 0.29) is 11.9 Å². The molecule has 1 aliphatic rings. The van der Waals surface area contributed by atoms with Crippen molar-refractivity contribution >= 4 is 43.4 Å². The number of carbonyl (C=O) groups excluding carboxylic acids is 1. The van der Waals surface area contributed by atoms with Crippen molar-refractivity contribution in [2.24, 2.45) is 0 Å². The summed E-state index contributed by atoms with van der Waals surface area (Å²) in [4.78, 5) is 19.2. The molecule has 0 aliphatic carbocycles. The lowest BCUT2D eigenvalue weighted by Crippen LogP contribution is -2.30. The number of likely N-dealkylation sites (tertiary alicyclic amines) is 1. The van der Waals surface area contributed by atoms with Crippen LogP contribution in [0.15, 0.2) is 45.5 Å². The van der Waals surface area contributed by atoms with Gasteiger partial charge in [-0.1, -0.05) is 12.1 Å². The van der Waals surface area contributed by atoms with Crippen molar-refractivity contribution in [2.45, 2.75) is 18.9 Å². The molecule has 1 aliphatic heterocycles. The maximum atomic E-state index is 12.6. The first-order chi connectivity index (χ1) is 10.7. The normalized spacial score (nSPS) is 18.2. The smallest absolute Gasteiger partial charge is 0.290 e. The van der Waals surface area contributed by atoms with Crippen molar-refractivity contribution in [3.8, 4) is 0 Å². The highest BCUT2D eigenvalue weighted by molar-refractivity contribution is 9.10. The molecule has 0 N–H and O–H groups in total.